The Morgan fingerprint density at radius 3 is 2.30 bits per heavy atom. The van der Waals surface area contributed by atoms with Crippen LogP contribution in [0.2, 0.25) is 0 Å². The number of rotatable bonds is 3. The Morgan fingerprint density at radius 1 is 1.20 bits per heavy atom. The summed E-state index contributed by atoms with van der Waals surface area (Å²) in [6.07, 6.45) is 0. The minimum Gasteiger partial charge on any atom is -0.399 e. The van der Waals surface area contributed by atoms with Gasteiger partial charge in [0.1, 0.15) is 0 Å². The Balaban J connectivity index is 2.33. The molecule has 1 aromatic carbocycles. The number of benzene rings is 1. The van der Waals surface area contributed by atoms with Gasteiger partial charge in [-0.3, -0.25) is 0 Å². The highest BCUT2D eigenvalue weighted by Gasteiger charge is 2.52. The van der Waals surface area contributed by atoms with E-state index in [-0.39, 0.29) is 0 Å². The van der Waals surface area contributed by atoms with Gasteiger partial charge in [0.05, 0.1) is 22.8 Å². The van der Waals surface area contributed by atoms with Crippen LogP contribution in [-0.2, 0) is 15.9 Å². The highest BCUT2D eigenvalue weighted by molar-refractivity contribution is 6.62. The summed E-state index contributed by atoms with van der Waals surface area (Å²) in [7, 11) is 1.40. The Bertz CT molecular complexity index is 533. The van der Waals surface area contributed by atoms with Crippen LogP contribution in [-0.4, -0.2) is 25.4 Å². The molecule has 1 aliphatic rings. The van der Waals surface area contributed by atoms with E-state index >= 15 is 0 Å². The van der Waals surface area contributed by atoms with Crippen molar-refractivity contribution in [1.82, 2.24) is 5.32 Å². The first-order chi connectivity index (χ1) is 9.30. The fourth-order valence-corrected chi connectivity index (χ4v) is 2.19. The molecular formula is C15H21BN2O2. The smallest absolute Gasteiger partial charge is 0.399 e. The summed E-state index contributed by atoms with van der Waals surface area (Å²) >= 11 is 0. The van der Waals surface area contributed by atoms with Crippen LogP contribution < -0.4 is 10.8 Å². The first-order valence-corrected chi connectivity index (χ1v) is 6.84. The van der Waals surface area contributed by atoms with Gasteiger partial charge in [-0.25, -0.2) is 0 Å². The van der Waals surface area contributed by atoms with Gasteiger partial charge in [-0.1, -0.05) is 12.1 Å². The lowest BCUT2D eigenvalue weighted by atomic mass is 9.75. The maximum atomic E-state index is 9.35. The maximum absolute atomic E-state index is 9.35. The zero-order valence-electron chi connectivity index (χ0n) is 12.8. The van der Waals surface area contributed by atoms with Gasteiger partial charge in [-0.05, 0) is 46.4 Å². The lowest BCUT2D eigenvalue weighted by molar-refractivity contribution is 0.00578. The molecule has 1 aliphatic heterocycles. The summed E-state index contributed by atoms with van der Waals surface area (Å²) < 4.78 is 12.0. The lowest BCUT2D eigenvalue weighted by Crippen LogP contribution is -2.41. The predicted octanol–water partition coefficient (Wildman–Crippen LogP) is 1.58. The molecule has 1 N–H and O–H groups in total. The molecule has 2 rings (SSSR count). The normalized spacial score (nSPS) is 19.9. The fraction of sp³-hybridized carbons (Fsp3) is 0.533. The van der Waals surface area contributed by atoms with Crippen LogP contribution in [0.5, 0.6) is 0 Å². The molecule has 1 heterocycles. The maximum Gasteiger partial charge on any atom is 0.496 e. The molecule has 0 bridgehead atoms. The van der Waals surface area contributed by atoms with E-state index in [1.165, 1.54) is 0 Å². The molecule has 20 heavy (non-hydrogen) atoms. The van der Waals surface area contributed by atoms with E-state index in [0.29, 0.717) is 5.56 Å². The Hall–Kier alpha value is -1.35. The third-order valence-corrected chi connectivity index (χ3v) is 4.13. The van der Waals surface area contributed by atoms with Gasteiger partial charge in [0, 0.05) is 12.0 Å². The molecule has 0 spiro atoms. The SMILES string of the molecule is CNCc1ccc(B2OC(C)(C)C(C)(C)O2)c(C#N)c1. The van der Waals surface area contributed by atoms with Gasteiger partial charge in [0.2, 0.25) is 0 Å². The molecule has 5 heteroatoms. The first-order valence-electron chi connectivity index (χ1n) is 6.84. The second-order valence-corrected chi connectivity index (χ2v) is 6.15. The Kier molecular flexibility index (Phi) is 3.92. The standard InChI is InChI=1S/C15H21BN2O2/c1-14(2)15(3,4)20-16(19-14)13-7-6-11(10-18-5)8-12(13)9-17/h6-8,18H,10H2,1-5H3. The topological polar surface area (TPSA) is 54.3 Å². The molecular weight excluding hydrogens is 251 g/mol. The average molecular weight is 272 g/mol. The molecule has 1 saturated heterocycles. The number of nitrogens with zero attached hydrogens (tertiary/aromatic N) is 1. The number of nitrogens with one attached hydrogen (secondary N) is 1. The van der Waals surface area contributed by atoms with Crippen molar-refractivity contribution in [2.24, 2.45) is 0 Å². The van der Waals surface area contributed by atoms with Crippen LogP contribution in [0.1, 0.15) is 38.8 Å². The van der Waals surface area contributed by atoms with Crippen molar-refractivity contribution in [2.45, 2.75) is 45.4 Å². The monoisotopic (exact) mass is 272 g/mol. The number of nitriles is 1. The third-order valence-electron chi connectivity index (χ3n) is 4.13. The molecule has 0 aliphatic carbocycles. The molecule has 0 aromatic heterocycles. The quantitative estimate of drug-likeness (QED) is 0.849. The third kappa shape index (κ3) is 2.60. The van der Waals surface area contributed by atoms with Gasteiger partial charge < -0.3 is 14.6 Å². The fourth-order valence-electron chi connectivity index (χ4n) is 2.19. The molecule has 0 saturated carbocycles. The molecule has 4 nitrogen and oxygen atoms in total. The molecule has 0 atom stereocenters. The molecule has 0 amide bonds. The largest absolute Gasteiger partial charge is 0.496 e. The molecule has 106 valence electrons. The van der Waals surface area contributed by atoms with Crippen molar-refractivity contribution in [2.75, 3.05) is 7.05 Å². The highest BCUT2D eigenvalue weighted by atomic mass is 16.7. The van der Waals surface area contributed by atoms with Crippen LogP contribution in [0.25, 0.3) is 0 Å². The van der Waals surface area contributed by atoms with Crippen molar-refractivity contribution < 1.29 is 9.31 Å². The Labute approximate surface area is 121 Å². The molecule has 1 fully saturated rings. The summed E-state index contributed by atoms with van der Waals surface area (Å²) in [5, 5.41) is 12.4. The first kappa shape index (κ1) is 15.1. The van der Waals surface area contributed by atoms with E-state index in [2.05, 4.69) is 11.4 Å². The highest BCUT2D eigenvalue weighted by Crippen LogP contribution is 2.36. The second-order valence-electron chi connectivity index (χ2n) is 6.15. The number of hydrogen-bond donors (Lipinski definition) is 1. The van der Waals surface area contributed by atoms with E-state index in [4.69, 9.17) is 9.31 Å². The van der Waals surface area contributed by atoms with E-state index in [1.807, 2.05) is 52.9 Å². The van der Waals surface area contributed by atoms with Crippen LogP contribution in [0.4, 0.5) is 0 Å². The summed E-state index contributed by atoms with van der Waals surface area (Å²) in [6, 6.07) is 8.05. The van der Waals surface area contributed by atoms with E-state index in [0.717, 1.165) is 17.6 Å². The van der Waals surface area contributed by atoms with Gasteiger partial charge in [-0.15, -0.1) is 0 Å². The summed E-state index contributed by atoms with van der Waals surface area (Å²) in [4.78, 5) is 0. The van der Waals surface area contributed by atoms with E-state index < -0.39 is 18.3 Å². The second kappa shape index (κ2) is 5.21. The predicted molar refractivity (Wildman–Crippen MR) is 79.6 cm³/mol. The summed E-state index contributed by atoms with van der Waals surface area (Å²) in [6.45, 7) is 8.77. The Morgan fingerprint density at radius 2 is 1.80 bits per heavy atom. The molecule has 0 radical (unpaired) electrons. The van der Waals surface area contributed by atoms with Crippen molar-refractivity contribution in [1.29, 1.82) is 5.26 Å². The zero-order valence-corrected chi connectivity index (χ0v) is 12.8. The van der Waals surface area contributed by atoms with Crippen LogP contribution >= 0.6 is 0 Å². The summed E-state index contributed by atoms with van der Waals surface area (Å²) in [5.74, 6) is 0. The van der Waals surface area contributed by atoms with Crippen LogP contribution in [0.15, 0.2) is 18.2 Å². The minimum absolute atomic E-state index is 0.395. The van der Waals surface area contributed by atoms with Gasteiger partial charge >= 0.3 is 7.12 Å². The summed E-state index contributed by atoms with van der Waals surface area (Å²) in [5.41, 5.74) is 1.69. The van der Waals surface area contributed by atoms with Crippen LogP contribution in [0.3, 0.4) is 0 Å². The van der Waals surface area contributed by atoms with Crippen molar-refractivity contribution in [3.63, 3.8) is 0 Å². The van der Waals surface area contributed by atoms with Gasteiger partial charge in [0.25, 0.3) is 0 Å². The van der Waals surface area contributed by atoms with E-state index in [9.17, 15) is 5.26 Å². The van der Waals surface area contributed by atoms with Crippen molar-refractivity contribution in [3.8, 4) is 6.07 Å². The molecule has 0 unspecified atom stereocenters. The lowest BCUT2D eigenvalue weighted by Gasteiger charge is -2.32. The van der Waals surface area contributed by atoms with Gasteiger partial charge in [-0.2, -0.15) is 5.26 Å². The zero-order chi connectivity index (χ0) is 15.0. The van der Waals surface area contributed by atoms with Crippen LogP contribution in [0, 0.1) is 11.3 Å². The molecule has 1 aromatic rings. The number of hydrogen-bond acceptors (Lipinski definition) is 4. The van der Waals surface area contributed by atoms with E-state index in [1.54, 1.807) is 0 Å². The average Bonchev–Trinajstić information content (AvgIpc) is 2.58. The van der Waals surface area contributed by atoms with Crippen molar-refractivity contribution >= 4 is 12.6 Å². The minimum atomic E-state index is -0.488. The van der Waals surface area contributed by atoms with Crippen molar-refractivity contribution in [3.05, 3.63) is 29.3 Å². The van der Waals surface area contributed by atoms with Gasteiger partial charge in [0.15, 0.2) is 0 Å².